The van der Waals surface area contributed by atoms with Gasteiger partial charge in [-0.3, -0.25) is 9.59 Å². The molecule has 4 nitrogen and oxygen atoms in total. The Balaban J connectivity index is 1.56. The third-order valence-corrected chi connectivity index (χ3v) is 4.58. The summed E-state index contributed by atoms with van der Waals surface area (Å²) in [7, 11) is 0. The highest BCUT2D eigenvalue weighted by Gasteiger charge is 2.35. The van der Waals surface area contributed by atoms with E-state index in [4.69, 9.17) is 11.6 Å². The van der Waals surface area contributed by atoms with Crippen molar-refractivity contribution in [1.82, 2.24) is 9.80 Å². The predicted molar refractivity (Wildman–Crippen MR) is 80.9 cm³/mol. The Labute approximate surface area is 129 Å². The van der Waals surface area contributed by atoms with Crippen molar-refractivity contribution in [2.24, 2.45) is 5.92 Å². The Morgan fingerprint density at radius 1 is 1.00 bits per heavy atom. The van der Waals surface area contributed by atoms with Crippen molar-refractivity contribution in [2.75, 3.05) is 26.2 Å². The normalized spacial score (nSPS) is 20.2. The molecule has 1 aromatic rings. The summed E-state index contributed by atoms with van der Waals surface area (Å²) in [5, 5.41) is -0.642. The number of rotatable bonds is 3. The number of nitrogens with zero attached hydrogens (tertiary/aromatic N) is 2. The van der Waals surface area contributed by atoms with E-state index in [1.165, 1.54) is 0 Å². The van der Waals surface area contributed by atoms with Crippen LogP contribution in [0.25, 0.3) is 0 Å². The van der Waals surface area contributed by atoms with Gasteiger partial charge in [-0.1, -0.05) is 30.3 Å². The molecule has 2 amide bonds. The van der Waals surface area contributed by atoms with Crippen molar-refractivity contribution in [3.63, 3.8) is 0 Å². The van der Waals surface area contributed by atoms with E-state index < -0.39 is 5.38 Å². The lowest BCUT2D eigenvalue weighted by molar-refractivity contribution is -0.140. The summed E-state index contributed by atoms with van der Waals surface area (Å²) in [5.74, 6) is 0.436. The predicted octanol–water partition coefficient (Wildman–Crippen LogP) is 2.05. The third-order valence-electron chi connectivity index (χ3n) is 4.14. The van der Waals surface area contributed by atoms with Gasteiger partial charge in [-0.15, -0.1) is 11.6 Å². The van der Waals surface area contributed by atoms with Gasteiger partial charge >= 0.3 is 0 Å². The monoisotopic (exact) mass is 306 g/mol. The number of carbonyl (C=O) groups is 2. The van der Waals surface area contributed by atoms with E-state index in [-0.39, 0.29) is 17.7 Å². The molecule has 1 saturated carbocycles. The Hall–Kier alpha value is -1.55. The first-order valence-corrected chi connectivity index (χ1v) is 7.87. The lowest BCUT2D eigenvalue weighted by Gasteiger charge is -2.35. The molecular weight excluding hydrogens is 288 g/mol. The summed E-state index contributed by atoms with van der Waals surface area (Å²) in [6.45, 7) is 2.40. The molecule has 0 N–H and O–H groups in total. The first-order chi connectivity index (χ1) is 10.2. The van der Waals surface area contributed by atoms with Gasteiger partial charge in [0.05, 0.1) is 0 Å². The molecule has 0 bridgehead atoms. The van der Waals surface area contributed by atoms with E-state index >= 15 is 0 Å². The summed E-state index contributed by atoms with van der Waals surface area (Å²) in [6, 6.07) is 9.39. The number of hydrogen-bond acceptors (Lipinski definition) is 2. The minimum Gasteiger partial charge on any atom is -0.339 e. The highest BCUT2D eigenvalue weighted by molar-refractivity contribution is 6.30. The summed E-state index contributed by atoms with van der Waals surface area (Å²) in [5.41, 5.74) is 0.820. The minimum absolute atomic E-state index is 0.0682. The van der Waals surface area contributed by atoms with Crippen LogP contribution in [-0.2, 0) is 9.59 Å². The SMILES string of the molecule is O=C(C1CC1)N1CCN(C(=O)C(Cl)c2ccccc2)CC1. The average Bonchev–Trinajstić information content (AvgIpc) is 3.39. The van der Waals surface area contributed by atoms with Crippen molar-refractivity contribution in [3.05, 3.63) is 35.9 Å². The molecule has 0 spiro atoms. The molecule has 1 aromatic carbocycles. The molecule has 2 aliphatic rings. The van der Waals surface area contributed by atoms with Gasteiger partial charge in [0.15, 0.2) is 0 Å². The van der Waals surface area contributed by atoms with E-state index in [2.05, 4.69) is 0 Å². The summed E-state index contributed by atoms with van der Waals surface area (Å²) >= 11 is 6.28. The Morgan fingerprint density at radius 3 is 2.14 bits per heavy atom. The van der Waals surface area contributed by atoms with Crippen LogP contribution < -0.4 is 0 Å². The van der Waals surface area contributed by atoms with Crippen LogP contribution in [0.4, 0.5) is 0 Å². The maximum Gasteiger partial charge on any atom is 0.245 e. The van der Waals surface area contributed by atoms with E-state index in [9.17, 15) is 9.59 Å². The average molecular weight is 307 g/mol. The summed E-state index contributed by atoms with van der Waals surface area (Å²) < 4.78 is 0. The first-order valence-electron chi connectivity index (χ1n) is 7.43. The van der Waals surface area contributed by atoms with Crippen molar-refractivity contribution >= 4 is 23.4 Å². The molecule has 2 fully saturated rings. The lowest BCUT2D eigenvalue weighted by Crippen LogP contribution is -2.51. The molecule has 0 radical (unpaired) electrons. The Bertz CT molecular complexity index is 522. The van der Waals surface area contributed by atoms with Gasteiger partial charge in [-0.2, -0.15) is 0 Å². The summed E-state index contributed by atoms with van der Waals surface area (Å²) in [6.07, 6.45) is 2.05. The van der Waals surface area contributed by atoms with Gasteiger partial charge in [-0.25, -0.2) is 0 Å². The zero-order valence-electron chi connectivity index (χ0n) is 11.9. The van der Waals surface area contributed by atoms with Gasteiger partial charge in [0, 0.05) is 32.1 Å². The van der Waals surface area contributed by atoms with Crippen LogP contribution >= 0.6 is 11.6 Å². The van der Waals surface area contributed by atoms with Crippen molar-refractivity contribution in [1.29, 1.82) is 0 Å². The van der Waals surface area contributed by atoms with Crippen molar-refractivity contribution in [3.8, 4) is 0 Å². The lowest BCUT2D eigenvalue weighted by atomic mass is 10.1. The number of hydrogen-bond donors (Lipinski definition) is 0. The maximum atomic E-state index is 12.4. The number of carbonyl (C=O) groups excluding carboxylic acids is 2. The van der Waals surface area contributed by atoms with E-state index in [1.807, 2.05) is 35.2 Å². The van der Waals surface area contributed by atoms with E-state index in [0.717, 1.165) is 18.4 Å². The van der Waals surface area contributed by atoms with Crippen molar-refractivity contribution < 1.29 is 9.59 Å². The second kappa shape index (κ2) is 6.06. The quantitative estimate of drug-likeness (QED) is 0.802. The molecule has 1 saturated heterocycles. The fourth-order valence-corrected chi connectivity index (χ4v) is 2.94. The largest absolute Gasteiger partial charge is 0.339 e. The van der Waals surface area contributed by atoms with Gasteiger partial charge in [0.25, 0.3) is 0 Å². The van der Waals surface area contributed by atoms with Crippen LogP contribution in [0.1, 0.15) is 23.8 Å². The highest BCUT2D eigenvalue weighted by atomic mass is 35.5. The summed E-state index contributed by atoms with van der Waals surface area (Å²) in [4.78, 5) is 28.0. The molecular formula is C16H19ClN2O2. The fourth-order valence-electron chi connectivity index (χ4n) is 2.66. The number of alkyl halides is 1. The standard InChI is InChI=1S/C16H19ClN2O2/c17-14(12-4-2-1-3-5-12)16(21)19-10-8-18(9-11-19)15(20)13-6-7-13/h1-5,13-14H,6-11H2. The molecule has 21 heavy (non-hydrogen) atoms. The molecule has 1 atom stereocenters. The van der Waals surface area contributed by atoms with Crippen LogP contribution in [0, 0.1) is 5.92 Å². The molecule has 1 aliphatic heterocycles. The third kappa shape index (κ3) is 3.21. The van der Waals surface area contributed by atoms with Crippen LogP contribution in [0.3, 0.4) is 0 Å². The molecule has 0 aromatic heterocycles. The van der Waals surface area contributed by atoms with Crippen LogP contribution in [0.15, 0.2) is 30.3 Å². The fraction of sp³-hybridized carbons (Fsp3) is 0.500. The molecule has 1 heterocycles. The molecule has 5 heteroatoms. The molecule has 1 unspecified atom stereocenters. The molecule has 1 aliphatic carbocycles. The van der Waals surface area contributed by atoms with Gasteiger partial charge in [0.1, 0.15) is 5.38 Å². The number of amides is 2. The number of piperazine rings is 1. The van der Waals surface area contributed by atoms with E-state index in [0.29, 0.717) is 26.2 Å². The zero-order valence-corrected chi connectivity index (χ0v) is 12.6. The molecule has 112 valence electrons. The topological polar surface area (TPSA) is 40.6 Å². The highest BCUT2D eigenvalue weighted by Crippen LogP contribution is 2.31. The minimum atomic E-state index is -0.642. The zero-order chi connectivity index (χ0) is 14.8. The Morgan fingerprint density at radius 2 is 1.57 bits per heavy atom. The van der Waals surface area contributed by atoms with Crippen LogP contribution in [0.2, 0.25) is 0 Å². The van der Waals surface area contributed by atoms with Gasteiger partial charge < -0.3 is 9.80 Å². The smallest absolute Gasteiger partial charge is 0.245 e. The van der Waals surface area contributed by atoms with E-state index in [1.54, 1.807) is 4.90 Å². The van der Waals surface area contributed by atoms with Gasteiger partial charge in [-0.05, 0) is 18.4 Å². The molecule has 3 rings (SSSR count). The van der Waals surface area contributed by atoms with Crippen LogP contribution in [-0.4, -0.2) is 47.8 Å². The van der Waals surface area contributed by atoms with Gasteiger partial charge in [0.2, 0.25) is 11.8 Å². The number of benzene rings is 1. The van der Waals surface area contributed by atoms with Crippen molar-refractivity contribution in [2.45, 2.75) is 18.2 Å². The Kier molecular flexibility index (Phi) is 4.15. The second-order valence-electron chi connectivity index (χ2n) is 5.70. The number of halogens is 1. The maximum absolute atomic E-state index is 12.4. The second-order valence-corrected chi connectivity index (χ2v) is 6.13. The van der Waals surface area contributed by atoms with Crippen LogP contribution in [0.5, 0.6) is 0 Å². The first kappa shape index (κ1) is 14.4.